The van der Waals surface area contributed by atoms with Crippen molar-refractivity contribution in [2.24, 2.45) is 5.73 Å². The lowest BCUT2D eigenvalue weighted by Gasteiger charge is -2.05. The van der Waals surface area contributed by atoms with E-state index in [4.69, 9.17) is 10.5 Å². The monoisotopic (exact) mass is 228 g/mol. The normalized spacial score (nSPS) is 11.1. The minimum atomic E-state index is -0.722. The molecule has 0 saturated heterocycles. The SMILES string of the molecule is C[C@H](N)C(=O)Oc1ccc([N+](=O)[O-])cc1.O. The average molecular weight is 228 g/mol. The summed E-state index contributed by atoms with van der Waals surface area (Å²) >= 11 is 0. The second kappa shape index (κ2) is 5.79. The maximum atomic E-state index is 11.0. The Balaban J connectivity index is 0.00000225. The first kappa shape index (κ1) is 14.0. The van der Waals surface area contributed by atoms with Crippen LogP contribution in [0, 0.1) is 10.1 Å². The number of nitrogens with zero attached hydrogens (tertiary/aromatic N) is 1. The first-order valence-corrected chi connectivity index (χ1v) is 4.22. The summed E-state index contributed by atoms with van der Waals surface area (Å²) < 4.78 is 4.82. The molecule has 0 radical (unpaired) electrons. The third-order valence-electron chi connectivity index (χ3n) is 1.64. The standard InChI is InChI=1S/C9H10N2O4.H2O/c1-6(10)9(12)15-8-4-2-7(3-5-8)11(13)14;/h2-6H,10H2,1H3;1H2/t6-;/m0./s1. The molecule has 0 aliphatic heterocycles. The van der Waals surface area contributed by atoms with Crippen LogP contribution in [0.15, 0.2) is 24.3 Å². The Kier molecular flexibility index (Phi) is 5.07. The molecule has 88 valence electrons. The summed E-state index contributed by atoms with van der Waals surface area (Å²) in [5.41, 5.74) is 5.22. The van der Waals surface area contributed by atoms with Crippen molar-refractivity contribution in [2.75, 3.05) is 0 Å². The molecule has 0 aromatic heterocycles. The number of nitro benzene ring substituents is 1. The topological polar surface area (TPSA) is 127 Å². The molecule has 0 aliphatic carbocycles. The summed E-state index contributed by atoms with van der Waals surface area (Å²) in [4.78, 5) is 20.8. The number of esters is 1. The maximum Gasteiger partial charge on any atom is 0.328 e. The van der Waals surface area contributed by atoms with E-state index in [0.717, 1.165) is 0 Å². The summed E-state index contributed by atoms with van der Waals surface area (Å²) in [5.74, 6) is -0.341. The van der Waals surface area contributed by atoms with Crippen molar-refractivity contribution in [2.45, 2.75) is 13.0 Å². The van der Waals surface area contributed by atoms with Crippen molar-refractivity contribution >= 4 is 11.7 Å². The number of hydrogen-bond acceptors (Lipinski definition) is 5. The number of non-ortho nitro benzene ring substituents is 1. The molecular weight excluding hydrogens is 216 g/mol. The zero-order valence-corrected chi connectivity index (χ0v) is 8.54. The van der Waals surface area contributed by atoms with Crippen LogP contribution in [0.1, 0.15) is 6.92 Å². The minimum Gasteiger partial charge on any atom is -0.425 e. The minimum absolute atomic E-state index is 0. The molecular formula is C9H12N2O5. The zero-order chi connectivity index (χ0) is 11.4. The van der Waals surface area contributed by atoms with Crippen LogP contribution in [0.4, 0.5) is 5.69 Å². The van der Waals surface area contributed by atoms with Crippen LogP contribution in [0.5, 0.6) is 5.75 Å². The number of carbonyl (C=O) groups is 1. The summed E-state index contributed by atoms with van der Waals surface area (Å²) in [6, 6.07) is 4.48. The molecule has 0 fully saturated rings. The molecule has 0 spiro atoms. The average Bonchev–Trinajstić information content (AvgIpc) is 2.18. The second-order valence-corrected chi connectivity index (χ2v) is 2.96. The van der Waals surface area contributed by atoms with Gasteiger partial charge in [0, 0.05) is 12.1 Å². The van der Waals surface area contributed by atoms with Gasteiger partial charge in [0.05, 0.1) is 4.92 Å². The highest BCUT2D eigenvalue weighted by Gasteiger charge is 2.11. The predicted octanol–water partition coefficient (Wildman–Crippen LogP) is 0.0227. The van der Waals surface area contributed by atoms with Gasteiger partial charge in [-0.25, -0.2) is 4.79 Å². The second-order valence-electron chi connectivity index (χ2n) is 2.96. The number of carbonyl (C=O) groups excluding carboxylic acids is 1. The molecule has 0 bridgehead atoms. The molecule has 0 amide bonds. The molecule has 0 saturated carbocycles. The molecule has 0 unspecified atom stereocenters. The van der Waals surface area contributed by atoms with Crippen LogP contribution in [0.2, 0.25) is 0 Å². The van der Waals surface area contributed by atoms with Crippen molar-refractivity contribution in [1.82, 2.24) is 0 Å². The summed E-state index contributed by atoms with van der Waals surface area (Å²) in [6.45, 7) is 1.49. The zero-order valence-electron chi connectivity index (χ0n) is 8.54. The largest absolute Gasteiger partial charge is 0.425 e. The molecule has 0 heterocycles. The highest BCUT2D eigenvalue weighted by Crippen LogP contribution is 2.17. The molecule has 1 rings (SSSR count). The van der Waals surface area contributed by atoms with E-state index < -0.39 is 16.9 Å². The molecule has 1 aromatic rings. The van der Waals surface area contributed by atoms with Crippen molar-refractivity contribution in [3.8, 4) is 5.75 Å². The Morgan fingerprint density at radius 1 is 1.44 bits per heavy atom. The molecule has 7 nitrogen and oxygen atoms in total. The van der Waals surface area contributed by atoms with E-state index in [9.17, 15) is 14.9 Å². The summed E-state index contributed by atoms with van der Waals surface area (Å²) in [5, 5.41) is 10.3. The van der Waals surface area contributed by atoms with E-state index in [-0.39, 0.29) is 16.9 Å². The lowest BCUT2D eigenvalue weighted by molar-refractivity contribution is -0.384. The van der Waals surface area contributed by atoms with Gasteiger partial charge in [-0.2, -0.15) is 0 Å². The molecule has 4 N–H and O–H groups in total. The van der Waals surface area contributed by atoms with Crippen LogP contribution in [0.3, 0.4) is 0 Å². The smallest absolute Gasteiger partial charge is 0.328 e. The quantitative estimate of drug-likeness (QED) is 0.337. The van der Waals surface area contributed by atoms with Gasteiger partial charge < -0.3 is 15.9 Å². The van der Waals surface area contributed by atoms with Crippen molar-refractivity contribution in [3.63, 3.8) is 0 Å². The Bertz CT molecular complexity index is 374. The van der Waals surface area contributed by atoms with E-state index in [1.54, 1.807) is 0 Å². The van der Waals surface area contributed by atoms with Gasteiger partial charge in [0.15, 0.2) is 0 Å². The Morgan fingerprint density at radius 3 is 2.31 bits per heavy atom. The van der Waals surface area contributed by atoms with Crippen LogP contribution in [-0.2, 0) is 4.79 Å². The first-order valence-electron chi connectivity index (χ1n) is 4.22. The van der Waals surface area contributed by atoms with E-state index in [1.807, 2.05) is 0 Å². The number of ether oxygens (including phenoxy) is 1. The number of hydrogen-bond donors (Lipinski definition) is 1. The van der Waals surface area contributed by atoms with Gasteiger partial charge in [0.2, 0.25) is 0 Å². The maximum absolute atomic E-state index is 11.0. The molecule has 16 heavy (non-hydrogen) atoms. The van der Waals surface area contributed by atoms with Crippen molar-refractivity contribution in [1.29, 1.82) is 0 Å². The number of nitro groups is 1. The predicted molar refractivity (Wildman–Crippen MR) is 56.0 cm³/mol. The number of nitrogens with two attached hydrogens (primary N) is 1. The van der Waals surface area contributed by atoms with Gasteiger partial charge in [-0.05, 0) is 19.1 Å². The van der Waals surface area contributed by atoms with E-state index in [0.29, 0.717) is 0 Å². The number of benzene rings is 1. The molecule has 0 aliphatic rings. The fraction of sp³-hybridized carbons (Fsp3) is 0.222. The third-order valence-corrected chi connectivity index (χ3v) is 1.64. The van der Waals surface area contributed by atoms with Gasteiger partial charge in [-0.15, -0.1) is 0 Å². The van der Waals surface area contributed by atoms with Gasteiger partial charge in [-0.1, -0.05) is 0 Å². The lowest BCUT2D eigenvalue weighted by atomic mass is 10.3. The van der Waals surface area contributed by atoms with Gasteiger partial charge in [0.25, 0.3) is 5.69 Å². The number of rotatable bonds is 3. The van der Waals surface area contributed by atoms with Crippen molar-refractivity contribution < 1.29 is 19.9 Å². The molecule has 7 heteroatoms. The summed E-state index contributed by atoms with van der Waals surface area (Å²) in [7, 11) is 0. The highest BCUT2D eigenvalue weighted by atomic mass is 16.6. The van der Waals surface area contributed by atoms with Crippen LogP contribution in [0.25, 0.3) is 0 Å². The third kappa shape index (κ3) is 3.64. The van der Waals surface area contributed by atoms with E-state index >= 15 is 0 Å². The van der Waals surface area contributed by atoms with Crippen molar-refractivity contribution in [3.05, 3.63) is 34.4 Å². The Hall–Kier alpha value is -1.99. The molecule has 1 atom stereocenters. The van der Waals surface area contributed by atoms with Crippen LogP contribution >= 0.6 is 0 Å². The van der Waals surface area contributed by atoms with Gasteiger partial charge >= 0.3 is 5.97 Å². The van der Waals surface area contributed by atoms with Gasteiger partial charge in [0.1, 0.15) is 11.8 Å². The van der Waals surface area contributed by atoms with E-state index in [2.05, 4.69) is 0 Å². The van der Waals surface area contributed by atoms with Crippen LogP contribution in [-0.4, -0.2) is 22.4 Å². The fourth-order valence-corrected chi connectivity index (χ4v) is 0.845. The van der Waals surface area contributed by atoms with E-state index in [1.165, 1.54) is 31.2 Å². The van der Waals surface area contributed by atoms with Crippen LogP contribution < -0.4 is 10.5 Å². The molecule has 1 aromatic carbocycles. The highest BCUT2D eigenvalue weighted by molar-refractivity contribution is 5.77. The van der Waals surface area contributed by atoms with Gasteiger partial charge in [-0.3, -0.25) is 10.1 Å². The fourth-order valence-electron chi connectivity index (χ4n) is 0.845. The Labute approximate surface area is 91.3 Å². The first-order chi connectivity index (χ1) is 7.00. The lowest BCUT2D eigenvalue weighted by Crippen LogP contribution is -2.30. The Morgan fingerprint density at radius 2 is 1.94 bits per heavy atom. The summed E-state index contributed by atoms with van der Waals surface area (Å²) in [6.07, 6.45) is 0.